The van der Waals surface area contributed by atoms with Gasteiger partial charge in [-0.05, 0) is 44.5 Å². The van der Waals surface area contributed by atoms with Crippen LogP contribution in [0.2, 0.25) is 0 Å². The van der Waals surface area contributed by atoms with Crippen LogP contribution in [0.15, 0.2) is 146 Å². The average Bonchev–Trinajstić information content (AvgIpc) is 3.23. The molecule has 0 saturated heterocycles. The van der Waals surface area contributed by atoms with Crippen LogP contribution in [0.5, 0.6) is 0 Å². The summed E-state index contributed by atoms with van der Waals surface area (Å²) in [5.74, 6) is 0. The topological polar surface area (TPSA) is 0 Å². The first-order valence-electron chi connectivity index (χ1n) is 11.5. The van der Waals surface area contributed by atoms with Crippen molar-refractivity contribution >= 4 is 11.1 Å². The number of benzene rings is 5. The molecule has 5 aromatic rings. The van der Waals surface area contributed by atoms with Crippen molar-refractivity contribution in [1.29, 1.82) is 0 Å². The SMILES string of the molecule is c1ccc(C2=C(c3ccccc3)C(c3ccccc3)(c3ccccc3)c3ccccc32)cc1. The fraction of sp³-hybridized carbons (Fsp3) is 0.0303. The highest BCUT2D eigenvalue weighted by Crippen LogP contribution is 2.59. The Balaban J connectivity index is 1.85. The molecule has 0 heteroatoms. The third-order valence-corrected chi connectivity index (χ3v) is 6.76. The molecule has 5 aromatic carbocycles. The van der Waals surface area contributed by atoms with Crippen LogP contribution in [0.1, 0.15) is 33.4 Å². The summed E-state index contributed by atoms with van der Waals surface area (Å²) < 4.78 is 0. The van der Waals surface area contributed by atoms with Gasteiger partial charge in [-0.15, -0.1) is 0 Å². The Morgan fingerprint density at radius 1 is 0.364 bits per heavy atom. The first-order valence-corrected chi connectivity index (χ1v) is 11.5. The number of allylic oxidation sites excluding steroid dienone is 1. The van der Waals surface area contributed by atoms with Gasteiger partial charge in [0.05, 0.1) is 5.41 Å². The largest absolute Gasteiger partial charge is 0.0719 e. The van der Waals surface area contributed by atoms with Crippen LogP contribution in [0.3, 0.4) is 0 Å². The number of rotatable bonds is 4. The van der Waals surface area contributed by atoms with Crippen LogP contribution in [0.25, 0.3) is 11.1 Å². The fourth-order valence-corrected chi connectivity index (χ4v) is 5.50. The summed E-state index contributed by atoms with van der Waals surface area (Å²) in [6, 6.07) is 52.6. The van der Waals surface area contributed by atoms with E-state index in [-0.39, 0.29) is 0 Å². The molecule has 0 saturated carbocycles. The summed E-state index contributed by atoms with van der Waals surface area (Å²) in [5.41, 5.74) is 9.94. The Morgan fingerprint density at radius 3 is 1.33 bits per heavy atom. The van der Waals surface area contributed by atoms with Crippen molar-refractivity contribution in [3.8, 4) is 0 Å². The molecule has 0 nitrogen and oxygen atoms in total. The molecule has 0 aromatic heterocycles. The first kappa shape index (κ1) is 19.5. The highest BCUT2D eigenvalue weighted by molar-refractivity contribution is 6.10. The van der Waals surface area contributed by atoms with Gasteiger partial charge in [-0.2, -0.15) is 0 Å². The maximum atomic E-state index is 2.31. The van der Waals surface area contributed by atoms with Crippen LogP contribution in [-0.4, -0.2) is 0 Å². The lowest BCUT2D eigenvalue weighted by Gasteiger charge is -2.36. The summed E-state index contributed by atoms with van der Waals surface area (Å²) in [5, 5.41) is 0. The van der Waals surface area contributed by atoms with Crippen LogP contribution in [0, 0.1) is 0 Å². The summed E-state index contributed by atoms with van der Waals surface area (Å²) in [6.07, 6.45) is 0. The summed E-state index contributed by atoms with van der Waals surface area (Å²) in [4.78, 5) is 0. The second kappa shape index (κ2) is 8.07. The van der Waals surface area contributed by atoms with Crippen molar-refractivity contribution in [1.82, 2.24) is 0 Å². The minimum atomic E-state index is -0.411. The molecule has 0 bridgehead atoms. The predicted molar refractivity (Wildman–Crippen MR) is 138 cm³/mol. The molecular formula is C33H24. The maximum Gasteiger partial charge on any atom is 0.0719 e. The maximum absolute atomic E-state index is 2.31. The van der Waals surface area contributed by atoms with Crippen LogP contribution in [-0.2, 0) is 5.41 Å². The summed E-state index contributed by atoms with van der Waals surface area (Å²) in [6.45, 7) is 0. The second-order valence-electron chi connectivity index (χ2n) is 8.51. The van der Waals surface area contributed by atoms with E-state index < -0.39 is 5.41 Å². The zero-order valence-corrected chi connectivity index (χ0v) is 18.4. The van der Waals surface area contributed by atoms with Gasteiger partial charge >= 0.3 is 0 Å². The van der Waals surface area contributed by atoms with E-state index in [4.69, 9.17) is 0 Å². The molecule has 33 heavy (non-hydrogen) atoms. The van der Waals surface area contributed by atoms with Gasteiger partial charge in [0.25, 0.3) is 0 Å². The lowest BCUT2D eigenvalue weighted by Crippen LogP contribution is -2.29. The Bertz CT molecular complexity index is 1370. The molecule has 0 aliphatic heterocycles. The van der Waals surface area contributed by atoms with Crippen LogP contribution < -0.4 is 0 Å². The van der Waals surface area contributed by atoms with Gasteiger partial charge < -0.3 is 0 Å². The standard InChI is InChI=1S/C33H24/c1-5-15-25(16-6-1)31-29-23-13-14-24-30(29)33(27-19-9-3-10-20-27,28-21-11-4-12-22-28)32(31)26-17-7-2-8-18-26/h1-24H. The molecule has 0 fully saturated rings. The Labute approximate surface area is 195 Å². The third kappa shape index (κ3) is 2.99. The quantitative estimate of drug-likeness (QED) is 0.276. The Morgan fingerprint density at radius 2 is 0.788 bits per heavy atom. The van der Waals surface area contributed by atoms with E-state index in [9.17, 15) is 0 Å². The van der Waals surface area contributed by atoms with E-state index in [1.165, 1.54) is 44.5 Å². The molecule has 1 aliphatic carbocycles. The molecule has 0 atom stereocenters. The van der Waals surface area contributed by atoms with E-state index in [2.05, 4.69) is 146 Å². The van der Waals surface area contributed by atoms with Crippen LogP contribution >= 0.6 is 0 Å². The third-order valence-electron chi connectivity index (χ3n) is 6.76. The highest BCUT2D eigenvalue weighted by atomic mass is 14.5. The van der Waals surface area contributed by atoms with Gasteiger partial charge in [-0.25, -0.2) is 0 Å². The van der Waals surface area contributed by atoms with Crippen molar-refractivity contribution in [3.63, 3.8) is 0 Å². The lowest BCUT2D eigenvalue weighted by atomic mass is 9.65. The van der Waals surface area contributed by atoms with E-state index in [1.807, 2.05) is 0 Å². The zero-order chi connectivity index (χ0) is 22.1. The molecule has 0 N–H and O–H groups in total. The highest BCUT2D eigenvalue weighted by Gasteiger charge is 2.48. The van der Waals surface area contributed by atoms with Gasteiger partial charge in [0.1, 0.15) is 0 Å². The molecule has 0 radical (unpaired) electrons. The van der Waals surface area contributed by atoms with Gasteiger partial charge in [0.2, 0.25) is 0 Å². The number of hydrogen-bond donors (Lipinski definition) is 0. The van der Waals surface area contributed by atoms with E-state index in [0.29, 0.717) is 0 Å². The van der Waals surface area contributed by atoms with Gasteiger partial charge in [-0.3, -0.25) is 0 Å². The van der Waals surface area contributed by atoms with E-state index in [1.54, 1.807) is 0 Å². The van der Waals surface area contributed by atoms with Gasteiger partial charge in [0.15, 0.2) is 0 Å². The van der Waals surface area contributed by atoms with E-state index in [0.717, 1.165) is 0 Å². The summed E-state index contributed by atoms with van der Waals surface area (Å²) >= 11 is 0. The van der Waals surface area contributed by atoms with Crippen LogP contribution in [0.4, 0.5) is 0 Å². The molecular weight excluding hydrogens is 396 g/mol. The summed E-state index contributed by atoms with van der Waals surface area (Å²) in [7, 11) is 0. The van der Waals surface area contributed by atoms with Crippen molar-refractivity contribution in [2.75, 3.05) is 0 Å². The van der Waals surface area contributed by atoms with E-state index >= 15 is 0 Å². The predicted octanol–water partition coefficient (Wildman–Crippen LogP) is 7.99. The van der Waals surface area contributed by atoms with Crippen molar-refractivity contribution in [3.05, 3.63) is 179 Å². The first-order chi connectivity index (χ1) is 16.4. The Kier molecular flexibility index (Phi) is 4.78. The minimum Gasteiger partial charge on any atom is -0.0622 e. The normalized spacial score (nSPS) is 14.2. The molecule has 0 amide bonds. The number of fused-ring (bicyclic) bond motifs is 1. The molecule has 1 aliphatic rings. The fourth-order valence-electron chi connectivity index (χ4n) is 5.50. The smallest absolute Gasteiger partial charge is 0.0622 e. The molecule has 6 rings (SSSR count). The average molecular weight is 421 g/mol. The van der Waals surface area contributed by atoms with Crippen molar-refractivity contribution < 1.29 is 0 Å². The van der Waals surface area contributed by atoms with Gasteiger partial charge in [-0.1, -0.05) is 146 Å². The zero-order valence-electron chi connectivity index (χ0n) is 18.4. The lowest BCUT2D eigenvalue weighted by molar-refractivity contribution is 0.814. The van der Waals surface area contributed by atoms with Crippen molar-refractivity contribution in [2.24, 2.45) is 0 Å². The minimum absolute atomic E-state index is 0.411. The molecule has 0 unspecified atom stereocenters. The molecule has 0 spiro atoms. The Hall–Kier alpha value is -4.16. The van der Waals surface area contributed by atoms with Crippen molar-refractivity contribution in [2.45, 2.75) is 5.41 Å². The van der Waals surface area contributed by atoms with Gasteiger partial charge in [0, 0.05) is 0 Å². The monoisotopic (exact) mass is 420 g/mol. The second-order valence-corrected chi connectivity index (χ2v) is 8.51. The molecule has 0 heterocycles. The number of hydrogen-bond acceptors (Lipinski definition) is 0. The molecule has 156 valence electrons.